The van der Waals surface area contributed by atoms with Crippen LogP contribution in [-0.4, -0.2) is 25.8 Å². The normalized spacial score (nSPS) is 28.8. The third-order valence-corrected chi connectivity index (χ3v) is 3.41. The second kappa shape index (κ2) is 3.35. The minimum atomic E-state index is 0.686. The first-order chi connectivity index (χ1) is 5.85. The summed E-state index contributed by atoms with van der Waals surface area (Å²) in [5, 5.41) is 3.51. The molecule has 0 bridgehead atoms. The zero-order valence-corrected chi connectivity index (χ0v) is 7.94. The van der Waals surface area contributed by atoms with Gasteiger partial charge >= 0.3 is 0 Å². The summed E-state index contributed by atoms with van der Waals surface area (Å²) in [5.41, 5.74) is 0.686. The van der Waals surface area contributed by atoms with E-state index in [4.69, 9.17) is 4.74 Å². The van der Waals surface area contributed by atoms with Gasteiger partial charge in [0.25, 0.3) is 0 Å². The molecule has 1 heterocycles. The van der Waals surface area contributed by atoms with E-state index >= 15 is 0 Å². The van der Waals surface area contributed by atoms with Gasteiger partial charge in [0.1, 0.15) is 0 Å². The molecule has 2 fully saturated rings. The highest BCUT2D eigenvalue weighted by Gasteiger charge is 2.44. The average Bonchev–Trinajstić information content (AvgIpc) is 2.04. The minimum absolute atomic E-state index is 0.686. The molecule has 1 aliphatic heterocycles. The fourth-order valence-corrected chi connectivity index (χ4v) is 2.63. The fourth-order valence-electron chi connectivity index (χ4n) is 2.63. The van der Waals surface area contributed by atoms with Gasteiger partial charge in [-0.2, -0.15) is 0 Å². The Morgan fingerprint density at radius 3 is 2.58 bits per heavy atom. The Hall–Kier alpha value is -0.0800. The Morgan fingerprint density at radius 1 is 1.33 bits per heavy atom. The highest BCUT2D eigenvalue weighted by molar-refractivity contribution is 4.98. The van der Waals surface area contributed by atoms with Crippen LogP contribution in [0.25, 0.3) is 0 Å². The second-order valence-corrected chi connectivity index (χ2v) is 4.28. The lowest BCUT2D eigenvalue weighted by molar-refractivity contribution is -0.0447. The lowest BCUT2D eigenvalue weighted by Gasteiger charge is -2.50. The molecular weight excluding hydrogens is 150 g/mol. The molecule has 1 N–H and O–H groups in total. The summed E-state index contributed by atoms with van der Waals surface area (Å²) in [7, 11) is 0. The van der Waals surface area contributed by atoms with Gasteiger partial charge in [0.05, 0.1) is 0 Å². The molecule has 70 valence electrons. The molecule has 0 unspecified atom stereocenters. The largest absolute Gasteiger partial charge is 0.381 e. The molecule has 1 saturated carbocycles. The van der Waals surface area contributed by atoms with E-state index in [1.807, 2.05) is 0 Å². The third kappa shape index (κ3) is 1.50. The van der Waals surface area contributed by atoms with E-state index in [0.29, 0.717) is 5.41 Å². The zero-order chi connectivity index (χ0) is 8.44. The van der Waals surface area contributed by atoms with Crippen LogP contribution in [-0.2, 0) is 4.74 Å². The van der Waals surface area contributed by atoms with Crippen molar-refractivity contribution in [2.24, 2.45) is 5.41 Å². The summed E-state index contributed by atoms with van der Waals surface area (Å²) in [6.07, 6.45) is 5.39. The zero-order valence-electron chi connectivity index (χ0n) is 7.94. The summed E-state index contributed by atoms with van der Waals surface area (Å²) in [6.45, 7) is 5.31. The summed E-state index contributed by atoms with van der Waals surface area (Å²) in [6, 6.07) is 0.813. The Morgan fingerprint density at radius 2 is 2.00 bits per heavy atom. The Balaban J connectivity index is 1.77. The monoisotopic (exact) mass is 169 g/mol. The van der Waals surface area contributed by atoms with Crippen LogP contribution in [0, 0.1) is 5.41 Å². The van der Waals surface area contributed by atoms with Crippen LogP contribution in [0.5, 0.6) is 0 Å². The summed E-state index contributed by atoms with van der Waals surface area (Å²) in [4.78, 5) is 0. The van der Waals surface area contributed by atoms with E-state index in [0.717, 1.165) is 25.8 Å². The molecule has 2 aliphatic rings. The number of ether oxygens (including phenoxy) is 1. The lowest BCUT2D eigenvalue weighted by atomic mass is 9.61. The predicted octanol–water partition coefficient (Wildman–Crippen LogP) is 1.56. The fraction of sp³-hybridized carbons (Fsp3) is 1.00. The topological polar surface area (TPSA) is 21.3 Å². The molecule has 2 nitrogen and oxygen atoms in total. The maximum absolute atomic E-state index is 5.38. The first kappa shape index (κ1) is 8.52. The van der Waals surface area contributed by atoms with Crippen molar-refractivity contribution in [3.05, 3.63) is 0 Å². The van der Waals surface area contributed by atoms with Gasteiger partial charge in [0.2, 0.25) is 0 Å². The molecule has 0 aromatic rings. The average molecular weight is 169 g/mol. The van der Waals surface area contributed by atoms with Crippen molar-refractivity contribution in [1.82, 2.24) is 5.32 Å². The van der Waals surface area contributed by atoms with E-state index in [1.165, 1.54) is 25.7 Å². The molecule has 0 amide bonds. The van der Waals surface area contributed by atoms with Gasteiger partial charge in [-0.1, -0.05) is 6.92 Å². The van der Waals surface area contributed by atoms with E-state index < -0.39 is 0 Å². The van der Waals surface area contributed by atoms with Gasteiger partial charge in [-0.05, 0) is 37.6 Å². The van der Waals surface area contributed by atoms with E-state index in [9.17, 15) is 0 Å². The molecular formula is C10H19NO. The molecule has 2 rings (SSSR count). The summed E-state index contributed by atoms with van der Waals surface area (Å²) >= 11 is 0. The van der Waals surface area contributed by atoms with Crippen molar-refractivity contribution in [2.75, 3.05) is 19.8 Å². The van der Waals surface area contributed by atoms with Crippen LogP contribution in [0.3, 0.4) is 0 Å². The molecule has 1 spiro atoms. The van der Waals surface area contributed by atoms with Gasteiger partial charge in [-0.3, -0.25) is 0 Å². The molecule has 0 aromatic heterocycles. The number of hydrogen-bond donors (Lipinski definition) is 1. The maximum atomic E-state index is 5.38. The Kier molecular flexibility index (Phi) is 2.37. The molecule has 1 aliphatic carbocycles. The van der Waals surface area contributed by atoms with Crippen molar-refractivity contribution in [3.63, 3.8) is 0 Å². The van der Waals surface area contributed by atoms with Gasteiger partial charge in [-0.15, -0.1) is 0 Å². The highest BCUT2D eigenvalue weighted by Crippen LogP contribution is 2.48. The van der Waals surface area contributed by atoms with Crippen molar-refractivity contribution >= 4 is 0 Å². The minimum Gasteiger partial charge on any atom is -0.381 e. The molecule has 12 heavy (non-hydrogen) atoms. The van der Waals surface area contributed by atoms with Crippen LogP contribution < -0.4 is 5.32 Å². The molecule has 0 atom stereocenters. The second-order valence-electron chi connectivity index (χ2n) is 4.28. The predicted molar refractivity (Wildman–Crippen MR) is 49.2 cm³/mol. The van der Waals surface area contributed by atoms with Crippen molar-refractivity contribution < 1.29 is 4.74 Å². The van der Waals surface area contributed by atoms with E-state index in [2.05, 4.69) is 12.2 Å². The van der Waals surface area contributed by atoms with Crippen molar-refractivity contribution in [2.45, 2.75) is 38.6 Å². The Labute approximate surface area is 74.7 Å². The van der Waals surface area contributed by atoms with Gasteiger partial charge < -0.3 is 10.1 Å². The van der Waals surface area contributed by atoms with E-state index in [-0.39, 0.29) is 0 Å². The highest BCUT2D eigenvalue weighted by atomic mass is 16.5. The van der Waals surface area contributed by atoms with Gasteiger partial charge in [-0.25, -0.2) is 0 Å². The molecule has 0 radical (unpaired) electrons. The standard InChI is InChI=1S/C10H19NO/c1-2-11-9-7-10(8-9)3-5-12-6-4-10/h9,11H,2-8H2,1H3. The van der Waals surface area contributed by atoms with Crippen LogP contribution in [0.15, 0.2) is 0 Å². The molecule has 1 saturated heterocycles. The van der Waals surface area contributed by atoms with Crippen LogP contribution in [0.2, 0.25) is 0 Å². The van der Waals surface area contributed by atoms with Gasteiger partial charge in [0, 0.05) is 19.3 Å². The summed E-state index contributed by atoms with van der Waals surface area (Å²) in [5.74, 6) is 0. The summed E-state index contributed by atoms with van der Waals surface area (Å²) < 4.78 is 5.38. The first-order valence-electron chi connectivity index (χ1n) is 5.16. The number of nitrogens with one attached hydrogen (secondary N) is 1. The molecule has 0 aromatic carbocycles. The van der Waals surface area contributed by atoms with Crippen LogP contribution in [0.4, 0.5) is 0 Å². The smallest absolute Gasteiger partial charge is 0.0471 e. The van der Waals surface area contributed by atoms with E-state index in [1.54, 1.807) is 0 Å². The van der Waals surface area contributed by atoms with Gasteiger partial charge in [0.15, 0.2) is 0 Å². The number of hydrogen-bond acceptors (Lipinski definition) is 2. The van der Waals surface area contributed by atoms with Crippen LogP contribution >= 0.6 is 0 Å². The first-order valence-corrected chi connectivity index (χ1v) is 5.16. The third-order valence-electron chi connectivity index (χ3n) is 3.41. The molecule has 2 heteroatoms. The van der Waals surface area contributed by atoms with Crippen molar-refractivity contribution in [3.8, 4) is 0 Å². The van der Waals surface area contributed by atoms with Crippen LogP contribution in [0.1, 0.15) is 32.6 Å². The number of rotatable bonds is 2. The maximum Gasteiger partial charge on any atom is 0.0471 e. The lowest BCUT2D eigenvalue weighted by Crippen LogP contribution is -2.51. The van der Waals surface area contributed by atoms with Crippen molar-refractivity contribution in [1.29, 1.82) is 0 Å². The quantitative estimate of drug-likeness (QED) is 0.677. The Bertz CT molecular complexity index is 144. The SMILES string of the molecule is CCNC1CC2(CCOCC2)C1.